The van der Waals surface area contributed by atoms with Crippen molar-refractivity contribution >= 4 is 5.91 Å². The maximum Gasteiger partial charge on any atom is 0.275 e. The molecule has 0 aliphatic heterocycles. The Morgan fingerprint density at radius 3 is 2.52 bits per heavy atom. The number of ether oxygens (including phenoxy) is 2. The van der Waals surface area contributed by atoms with Gasteiger partial charge >= 0.3 is 0 Å². The molecule has 0 spiro atoms. The molecule has 0 fully saturated rings. The van der Waals surface area contributed by atoms with Gasteiger partial charge in [-0.3, -0.25) is 4.79 Å². The van der Waals surface area contributed by atoms with Crippen LogP contribution >= 0.6 is 0 Å². The summed E-state index contributed by atoms with van der Waals surface area (Å²) in [5.74, 6) is 1.60. The smallest absolute Gasteiger partial charge is 0.275 e. The van der Waals surface area contributed by atoms with Crippen molar-refractivity contribution in [3.8, 4) is 11.5 Å². The van der Waals surface area contributed by atoms with E-state index in [2.05, 4.69) is 17.4 Å². The third-order valence-corrected chi connectivity index (χ3v) is 4.03. The van der Waals surface area contributed by atoms with Crippen molar-refractivity contribution in [3.63, 3.8) is 0 Å². The van der Waals surface area contributed by atoms with Gasteiger partial charge in [0.25, 0.3) is 5.91 Å². The molecule has 5 nitrogen and oxygen atoms in total. The summed E-state index contributed by atoms with van der Waals surface area (Å²) in [6.07, 6.45) is 0.845. The second kappa shape index (κ2) is 9.69. The lowest BCUT2D eigenvalue weighted by Gasteiger charge is -2.16. The van der Waals surface area contributed by atoms with E-state index in [-0.39, 0.29) is 5.91 Å². The molecule has 0 aliphatic rings. The second-order valence-electron chi connectivity index (χ2n) is 6.07. The van der Waals surface area contributed by atoms with E-state index >= 15 is 0 Å². The van der Waals surface area contributed by atoms with E-state index in [9.17, 15) is 4.79 Å². The SMILES string of the molecule is COc1ccc(C[NH+](C)CC(=O)NCCc2ccccc2)c(OC)c1. The van der Waals surface area contributed by atoms with Gasteiger partial charge in [0, 0.05) is 18.2 Å². The molecule has 0 heterocycles. The quantitative estimate of drug-likeness (QED) is 0.716. The van der Waals surface area contributed by atoms with Crippen LogP contribution in [0, 0.1) is 0 Å². The number of hydrogen-bond acceptors (Lipinski definition) is 3. The number of benzene rings is 2. The summed E-state index contributed by atoms with van der Waals surface area (Å²) >= 11 is 0. The molecule has 1 amide bonds. The Labute approximate surface area is 149 Å². The zero-order chi connectivity index (χ0) is 18.1. The number of hydrogen-bond donors (Lipinski definition) is 2. The van der Waals surface area contributed by atoms with Crippen LogP contribution in [0.5, 0.6) is 11.5 Å². The van der Waals surface area contributed by atoms with E-state index in [4.69, 9.17) is 9.47 Å². The first kappa shape index (κ1) is 18.8. The molecule has 0 radical (unpaired) electrons. The van der Waals surface area contributed by atoms with Crippen molar-refractivity contribution < 1.29 is 19.2 Å². The molecule has 2 aromatic rings. The summed E-state index contributed by atoms with van der Waals surface area (Å²) in [5.41, 5.74) is 2.28. The highest BCUT2D eigenvalue weighted by atomic mass is 16.5. The fraction of sp³-hybridized carbons (Fsp3) is 0.350. The van der Waals surface area contributed by atoms with Crippen LogP contribution in [0.15, 0.2) is 48.5 Å². The van der Waals surface area contributed by atoms with Gasteiger partial charge in [-0.1, -0.05) is 30.3 Å². The molecule has 2 aromatic carbocycles. The average molecular weight is 343 g/mol. The van der Waals surface area contributed by atoms with Crippen LogP contribution in [0.1, 0.15) is 11.1 Å². The van der Waals surface area contributed by atoms with Gasteiger partial charge in [0.05, 0.1) is 21.3 Å². The van der Waals surface area contributed by atoms with Crippen molar-refractivity contribution in [2.75, 3.05) is 34.4 Å². The molecular formula is C20H27N2O3+. The molecule has 0 aromatic heterocycles. The summed E-state index contributed by atoms with van der Waals surface area (Å²) < 4.78 is 10.6. The Morgan fingerprint density at radius 2 is 1.84 bits per heavy atom. The summed E-state index contributed by atoms with van der Waals surface area (Å²) in [6, 6.07) is 15.9. The largest absolute Gasteiger partial charge is 0.497 e. The van der Waals surface area contributed by atoms with Gasteiger partial charge in [-0.05, 0) is 24.1 Å². The van der Waals surface area contributed by atoms with E-state index < -0.39 is 0 Å². The Morgan fingerprint density at radius 1 is 1.08 bits per heavy atom. The monoisotopic (exact) mass is 343 g/mol. The molecule has 1 unspecified atom stereocenters. The molecule has 25 heavy (non-hydrogen) atoms. The van der Waals surface area contributed by atoms with Crippen molar-refractivity contribution in [1.29, 1.82) is 0 Å². The molecule has 0 saturated heterocycles. The topological polar surface area (TPSA) is 52.0 Å². The summed E-state index contributed by atoms with van der Waals surface area (Å²) in [7, 11) is 5.27. The Hall–Kier alpha value is -2.53. The number of amides is 1. The first-order chi connectivity index (χ1) is 12.1. The first-order valence-corrected chi connectivity index (χ1v) is 8.45. The maximum absolute atomic E-state index is 12.1. The van der Waals surface area contributed by atoms with E-state index in [0.29, 0.717) is 19.6 Å². The lowest BCUT2D eigenvalue weighted by Crippen LogP contribution is -3.08. The summed E-state index contributed by atoms with van der Waals surface area (Å²) in [5, 5.41) is 2.98. The number of nitrogens with one attached hydrogen (secondary N) is 2. The van der Waals surface area contributed by atoms with Crippen molar-refractivity contribution in [1.82, 2.24) is 5.32 Å². The van der Waals surface area contributed by atoms with Crippen molar-refractivity contribution in [2.45, 2.75) is 13.0 Å². The predicted octanol–water partition coefficient (Wildman–Crippen LogP) is 1.08. The van der Waals surface area contributed by atoms with Gasteiger partial charge in [-0.2, -0.15) is 0 Å². The van der Waals surface area contributed by atoms with Crippen molar-refractivity contribution in [2.24, 2.45) is 0 Å². The van der Waals surface area contributed by atoms with Gasteiger partial charge in [0.15, 0.2) is 6.54 Å². The van der Waals surface area contributed by atoms with Gasteiger partial charge < -0.3 is 19.7 Å². The lowest BCUT2D eigenvalue weighted by molar-refractivity contribution is -0.885. The molecule has 1 atom stereocenters. The molecule has 134 valence electrons. The second-order valence-corrected chi connectivity index (χ2v) is 6.07. The highest BCUT2D eigenvalue weighted by Crippen LogP contribution is 2.23. The van der Waals surface area contributed by atoms with Crippen LogP contribution in [-0.2, 0) is 17.8 Å². The minimum atomic E-state index is 0.0564. The zero-order valence-corrected chi connectivity index (χ0v) is 15.2. The molecule has 2 rings (SSSR count). The van der Waals surface area contributed by atoms with Gasteiger partial charge in [-0.25, -0.2) is 0 Å². The van der Waals surface area contributed by atoms with Crippen LogP contribution in [0.3, 0.4) is 0 Å². The van der Waals surface area contributed by atoms with E-state index in [1.54, 1.807) is 14.2 Å². The maximum atomic E-state index is 12.1. The number of rotatable bonds is 9. The van der Waals surface area contributed by atoms with Crippen molar-refractivity contribution in [3.05, 3.63) is 59.7 Å². The zero-order valence-electron chi connectivity index (χ0n) is 15.2. The normalized spacial score (nSPS) is 11.6. The number of carbonyl (C=O) groups is 1. The number of likely N-dealkylation sites (N-methyl/N-ethyl adjacent to an activating group) is 1. The Balaban J connectivity index is 1.79. The Bertz CT molecular complexity index is 674. The molecule has 0 aliphatic carbocycles. The molecule has 0 bridgehead atoms. The minimum absolute atomic E-state index is 0.0564. The van der Waals surface area contributed by atoms with Crippen LogP contribution in [0.2, 0.25) is 0 Å². The van der Waals surface area contributed by atoms with E-state index in [1.165, 1.54) is 5.56 Å². The fourth-order valence-corrected chi connectivity index (χ4v) is 2.71. The molecular weight excluding hydrogens is 316 g/mol. The van der Waals surface area contributed by atoms with Crippen LogP contribution in [0.4, 0.5) is 0 Å². The van der Waals surface area contributed by atoms with Gasteiger partial charge in [-0.15, -0.1) is 0 Å². The minimum Gasteiger partial charge on any atom is -0.497 e. The highest BCUT2D eigenvalue weighted by Gasteiger charge is 2.13. The molecule has 5 heteroatoms. The highest BCUT2D eigenvalue weighted by molar-refractivity contribution is 5.76. The van der Waals surface area contributed by atoms with E-state index in [0.717, 1.165) is 28.4 Å². The third-order valence-electron chi connectivity index (χ3n) is 4.03. The summed E-state index contributed by atoms with van der Waals surface area (Å²) in [6.45, 7) is 1.78. The predicted molar refractivity (Wildman–Crippen MR) is 98.2 cm³/mol. The van der Waals surface area contributed by atoms with E-state index in [1.807, 2.05) is 43.4 Å². The Kier molecular flexibility index (Phi) is 7.29. The van der Waals surface area contributed by atoms with Crippen LogP contribution in [-0.4, -0.2) is 40.3 Å². The number of carbonyl (C=O) groups excluding carboxylic acids is 1. The third kappa shape index (κ3) is 6.12. The van der Waals surface area contributed by atoms with Gasteiger partial charge in [0.1, 0.15) is 18.0 Å². The van der Waals surface area contributed by atoms with Crippen LogP contribution < -0.4 is 19.7 Å². The van der Waals surface area contributed by atoms with Gasteiger partial charge in [0.2, 0.25) is 0 Å². The average Bonchev–Trinajstić information content (AvgIpc) is 2.62. The number of quaternary nitrogens is 1. The summed E-state index contributed by atoms with van der Waals surface area (Å²) in [4.78, 5) is 13.2. The number of methoxy groups -OCH3 is 2. The first-order valence-electron chi connectivity index (χ1n) is 8.45. The van der Waals surface area contributed by atoms with Crippen LogP contribution in [0.25, 0.3) is 0 Å². The molecule has 2 N–H and O–H groups in total. The standard InChI is InChI=1S/C20H26N2O3/c1-22(14-17-9-10-18(24-2)13-19(17)25-3)15-20(23)21-12-11-16-7-5-4-6-8-16/h4-10,13H,11-12,14-15H2,1-3H3,(H,21,23)/p+1. The molecule has 0 saturated carbocycles. The fourth-order valence-electron chi connectivity index (χ4n) is 2.71. The lowest BCUT2D eigenvalue weighted by atomic mass is 10.1.